The molecule has 30 heavy (non-hydrogen) atoms. The molecule has 0 spiro atoms. The molecule has 2 unspecified atom stereocenters. The van der Waals surface area contributed by atoms with Gasteiger partial charge in [-0.2, -0.15) is 0 Å². The second kappa shape index (κ2) is 6.98. The summed E-state index contributed by atoms with van der Waals surface area (Å²) >= 11 is 0. The molecule has 4 fully saturated rings. The van der Waals surface area contributed by atoms with Gasteiger partial charge in [0.1, 0.15) is 11.6 Å². The molecule has 1 amide bonds. The molecule has 0 heterocycles. The minimum absolute atomic E-state index is 0.00834. The lowest BCUT2D eigenvalue weighted by Crippen LogP contribution is -2.61. The van der Waals surface area contributed by atoms with Crippen molar-refractivity contribution in [3.8, 4) is 0 Å². The molecule has 0 aliphatic heterocycles. The molecule has 2 N–H and O–H groups in total. The zero-order valence-corrected chi connectivity index (χ0v) is 16.4. The molecule has 0 radical (unpaired) electrons. The molecule has 0 aromatic heterocycles. The van der Waals surface area contributed by atoms with Gasteiger partial charge in [-0.3, -0.25) is 9.59 Å². The monoisotopic (exact) mass is 411 g/mol. The van der Waals surface area contributed by atoms with E-state index in [-0.39, 0.29) is 34.6 Å². The Morgan fingerprint density at radius 1 is 0.933 bits per heavy atom. The van der Waals surface area contributed by atoms with Crippen LogP contribution in [-0.4, -0.2) is 28.4 Å². The van der Waals surface area contributed by atoms with Gasteiger partial charge in [0.2, 0.25) is 0 Å². The second-order valence-corrected chi connectivity index (χ2v) is 9.20. The fourth-order valence-electron chi connectivity index (χ4n) is 6.09. The van der Waals surface area contributed by atoms with E-state index in [9.17, 15) is 23.5 Å². The summed E-state index contributed by atoms with van der Waals surface area (Å²) in [4.78, 5) is 25.3. The first-order valence-electron chi connectivity index (χ1n) is 10.4. The number of hydrogen-bond donors (Lipinski definition) is 2. The predicted octanol–water partition coefficient (Wildman–Crippen LogP) is 3.87. The first-order chi connectivity index (χ1) is 14.3. The Morgan fingerprint density at radius 3 is 2.27 bits per heavy atom. The Kier molecular flexibility index (Phi) is 4.51. The molecule has 4 aliphatic rings. The highest BCUT2D eigenvalue weighted by atomic mass is 19.1. The van der Waals surface area contributed by atoms with E-state index in [0.717, 1.165) is 25.3 Å². The summed E-state index contributed by atoms with van der Waals surface area (Å²) in [6.07, 6.45) is 4.20. The number of aliphatic hydroxyl groups is 1. The average Bonchev–Trinajstić information content (AvgIpc) is 2.69. The fraction of sp³-hybridized carbons (Fsp3) is 0.417. The molecule has 6 rings (SSSR count). The molecule has 0 saturated heterocycles. The predicted molar refractivity (Wildman–Crippen MR) is 106 cm³/mol. The summed E-state index contributed by atoms with van der Waals surface area (Å²) in [7, 11) is 0. The van der Waals surface area contributed by atoms with Crippen LogP contribution < -0.4 is 5.32 Å². The minimum Gasteiger partial charge on any atom is -0.390 e. The zero-order chi connectivity index (χ0) is 21.0. The molecule has 4 nitrogen and oxygen atoms in total. The highest BCUT2D eigenvalue weighted by Gasteiger charge is 2.55. The minimum atomic E-state index is -0.808. The maximum Gasteiger partial charge on any atom is 0.254 e. The molecule has 4 saturated carbocycles. The number of rotatable bonds is 4. The van der Waals surface area contributed by atoms with Crippen molar-refractivity contribution in [1.29, 1.82) is 0 Å². The summed E-state index contributed by atoms with van der Waals surface area (Å²) in [5, 5.41) is 13.7. The van der Waals surface area contributed by atoms with Gasteiger partial charge < -0.3 is 10.4 Å². The quantitative estimate of drug-likeness (QED) is 0.751. The van der Waals surface area contributed by atoms with Crippen LogP contribution in [0.1, 0.15) is 58.4 Å². The van der Waals surface area contributed by atoms with E-state index in [1.54, 1.807) is 0 Å². The van der Waals surface area contributed by atoms with Gasteiger partial charge in [0, 0.05) is 11.6 Å². The largest absolute Gasteiger partial charge is 0.390 e. The van der Waals surface area contributed by atoms with Crippen molar-refractivity contribution in [3.63, 3.8) is 0 Å². The van der Waals surface area contributed by atoms with Crippen LogP contribution in [0.4, 0.5) is 8.78 Å². The summed E-state index contributed by atoms with van der Waals surface area (Å²) in [5.74, 6) is -1.67. The Hall–Kier alpha value is -2.60. The van der Waals surface area contributed by atoms with Crippen LogP contribution in [-0.2, 0) is 0 Å². The lowest BCUT2D eigenvalue weighted by atomic mass is 9.52. The van der Waals surface area contributed by atoms with Crippen LogP contribution in [0.3, 0.4) is 0 Å². The summed E-state index contributed by atoms with van der Waals surface area (Å²) < 4.78 is 28.6. The summed E-state index contributed by atoms with van der Waals surface area (Å²) in [6, 6.07) is 9.09. The van der Waals surface area contributed by atoms with Gasteiger partial charge in [-0.15, -0.1) is 0 Å². The highest BCUT2D eigenvalue weighted by Crippen LogP contribution is 2.55. The maximum atomic E-state index is 14.7. The summed E-state index contributed by atoms with van der Waals surface area (Å²) in [6.45, 7) is 0. The number of carbonyl (C=O) groups excluding carboxylic acids is 2. The molecule has 4 bridgehead atoms. The normalized spacial score (nSPS) is 31.6. The van der Waals surface area contributed by atoms with Gasteiger partial charge in [0.25, 0.3) is 5.91 Å². The third-order valence-corrected chi connectivity index (χ3v) is 7.13. The molecule has 2 aromatic carbocycles. The van der Waals surface area contributed by atoms with Crippen molar-refractivity contribution in [2.75, 3.05) is 0 Å². The van der Waals surface area contributed by atoms with E-state index in [4.69, 9.17) is 0 Å². The Morgan fingerprint density at radius 2 is 1.63 bits per heavy atom. The molecule has 2 atom stereocenters. The lowest BCUT2D eigenvalue weighted by Gasteiger charge is -2.58. The zero-order valence-electron chi connectivity index (χ0n) is 16.4. The van der Waals surface area contributed by atoms with Crippen LogP contribution in [0.15, 0.2) is 42.5 Å². The third kappa shape index (κ3) is 3.23. The number of amides is 1. The number of hydrogen-bond acceptors (Lipinski definition) is 3. The number of carbonyl (C=O) groups is 2. The SMILES string of the molecule is O=C(N[C@H]1C2CC3CC1C[C@](O)(C3)C2)c1ccc(C(=O)c2ccccc2F)cc1F. The molecule has 156 valence electrons. The Labute approximate surface area is 173 Å². The van der Waals surface area contributed by atoms with Crippen molar-refractivity contribution in [2.24, 2.45) is 17.8 Å². The number of nitrogens with one attached hydrogen (secondary N) is 1. The second-order valence-electron chi connectivity index (χ2n) is 9.20. The third-order valence-electron chi connectivity index (χ3n) is 7.13. The average molecular weight is 411 g/mol. The van der Waals surface area contributed by atoms with Crippen LogP contribution in [0.5, 0.6) is 0 Å². The van der Waals surface area contributed by atoms with Gasteiger partial charge in [-0.05, 0) is 74.1 Å². The Balaban J connectivity index is 1.33. The smallest absolute Gasteiger partial charge is 0.254 e. The van der Waals surface area contributed by atoms with E-state index in [1.165, 1.54) is 36.4 Å². The number of ketones is 1. The Bertz CT molecular complexity index is 1020. The van der Waals surface area contributed by atoms with Crippen LogP contribution in [0, 0.1) is 29.4 Å². The highest BCUT2D eigenvalue weighted by molar-refractivity contribution is 6.09. The van der Waals surface area contributed by atoms with Crippen LogP contribution in [0.2, 0.25) is 0 Å². The lowest BCUT2D eigenvalue weighted by molar-refractivity contribution is -0.136. The van der Waals surface area contributed by atoms with Crippen molar-refractivity contribution >= 4 is 11.7 Å². The van der Waals surface area contributed by atoms with Crippen LogP contribution in [0.25, 0.3) is 0 Å². The standard InChI is InChI=1S/C24H23F2NO3/c25-19-4-2-1-3-17(19)22(28)14-5-6-18(20(26)9-14)23(29)27-21-15-7-13-8-16(21)12-24(30,10-13)11-15/h1-6,9,13,15-16,21,30H,7-8,10-12H2,(H,27,29)/t13?,15?,16?,21-,24-. The van der Waals surface area contributed by atoms with Crippen LogP contribution >= 0.6 is 0 Å². The van der Waals surface area contributed by atoms with Crippen molar-refractivity contribution in [1.82, 2.24) is 5.32 Å². The first-order valence-corrected chi connectivity index (χ1v) is 10.4. The van der Waals surface area contributed by atoms with Gasteiger partial charge in [0.15, 0.2) is 5.78 Å². The summed E-state index contributed by atoms with van der Waals surface area (Å²) in [5.41, 5.74) is -0.878. The van der Waals surface area contributed by atoms with E-state index in [2.05, 4.69) is 5.32 Å². The van der Waals surface area contributed by atoms with E-state index >= 15 is 0 Å². The number of benzene rings is 2. The molecule has 4 aliphatic carbocycles. The van der Waals surface area contributed by atoms with Crippen molar-refractivity contribution in [2.45, 2.75) is 43.7 Å². The van der Waals surface area contributed by atoms with Crippen molar-refractivity contribution < 1.29 is 23.5 Å². The van der Waals surface area contributed by atoms with Gasteiger partial charge in [0.05, 0.1) is 16.7 Å². The molecular weight excluding hydrogens is 388 g/mol. The van der Waals surface area contributed by atoms with Crippen molar-refractivity contribution in [3.05, 3.63) is 70.8 Å². The van der Waals surface area contributed by atoms with E-state index in [1.807, 2.05) is 0 Å². The van der Waals surface area contributed by atoms with E-state index < -0.39 is 28.9 Å². The maximum absolute atomic E-state index is 14.7. The first kappa shape index (κ1) is 19.4. The van der Waals surface area contributed by atoms with E-state index in [0.29, 0.717) is 18.8 Å². The fourth-order valence-corrected chi connectivity index (χ4v) is 6.09. The molecular formula is C24H23F2NO3. The molecule has 2 aromatic rings. The molecule has 6 heteroatoms. The topological polar surface area (TPSA) is 66.4 Å². The number of halogens is 2. The van der Waals surface area contributed by atoms with Gasteiger partial charge in [-0.1, -0.05) is 18.2 Å². The van der Waals surface area contributed by atoms with Gasteiger partial charge >= 0.3 is 0 Å². The van der Waals surface area contributed by atoms with Gasteiger partial charge in [-0.25, -0.2) is 8.78 Å².